The number of rotatable bonds is 13. The monoisotopic (exact) mass is 675 g/mol. The van der Waals surface area contributed by atoms with E-state index < -0.39 is 29.4 Å². The number of amidine groups is 1. The maximum atomic E-state index is 14.0. The van der Waals surface area contributed by atoms with E-state index in [-0.39, 0.29) is 36.7 Å². The Bertz CT molecular complexity index is 1410. The van der Waals surface area contributed by atoms with Gasteiger partial charge in [0.15, 0.2) is 0 Å². The van der Waals surface area contributed by atoms with Gasteiger partial charge in [0.05, 0.1) is 0 Å². The zero-order chi connectivity index (χ0) is 35.4. The van der Waals surface area contributed by atoms with Crippen molar-refractivity contribution in [2.45, 2.75) is 77.5 Å². The van der Waals surface area contributed by atoms with E-state index in [4.69, 9.17) is 15.9 Å². The molecule has 12 nitrogen and oxygen atoms in total. The lowest BCUT2D eigenvalue weighted by atomic mass is 9.83. The number of carbonyl (C=O) groups is 4. The molecule has 0 spiro atoms. The molecule has 12 heteroatoms. The summed E-state index contributed by atoms with van der Waals surface area (Å²) in [6, 6.07) is 15.6. The van der Waals surface area contributed by atoms with Crippen LogP contribution < -0.4 is 21.7 Å². The Balaban J connectivity index is 1.39. The number of nitrogens with zero attached hydrogens (tertiary/aromatic N) is 2. The second-order valence-corrected chi connectivity index (χ2v) is 14.1. The van der Waals surface area contributed by atoms with Gasteiger partial charge in [-0.2, -0.15) is 0 Å². The topological polar surface area (TPSA) is 170 Å². The van der Waals surface area contributed by atoms with E-state index in [0.29, 0.717) is 44.8 Å². The number of nitrogens with two attached hydrogens (primary N) is 1. The van der Waals surface area contributed by atoms with Crippen LogP contribution in [0.15, 0.2) is 54.6 Å². The van der Waals surface area contributed by atoms with Crippen LogP contribution in [-0.4, -0.2) is 90.4 Å². The molecule has 0 radical (unpaired) electrons. The van der Waals surface area contributed by atoms with Crippen LogP contribution in [0.25, 0.3) is 0 Å². The number of amides is 4. The van der Waals surface area contributed by atoms with Gasteiger partial charge in [0, 0.05) is 51.4 Å². The molecule has 266 valence electrons. The first kappa shape index (κ1) is 37.4. The Hall–Kier alpha value is -4.45. The van der Waals surface area contributed by atoms with Gasteiger partial charge in [-0.3, -0.25) is 24.7 Å². The fourth-order valence-corrected chi connectivity index (χ4v) is 6.32. The van der Waals surface area contributed by atoms with Crippen LogP contribution in [0.1, 0.15) is 69.6 Å². The Morgan fingerprint density at radius 3 is 2.12 bits per heavy atom. The van der Waals surface area contributed by atoms with E-state index in [1.807, 2.05) is 51.1 Å². The summed E-state index contributed by atoms with van der Waals surface area (Å²) in [6.07, 6.45) is 4.51. The summed E-state index contributed by atoms with van der Waals surface area (Å²) in [5.74, 6) is -2.34. The molecule has 1 aliphatic heterocycles. The maximum absolute atomic E-state index is 14.0. The lowest BCUT2D eigenvalue weighted by Crippen LogP contribution is -2.56. The number of piperazine rings is 1. The molecule has 2 atom stereocenters. The Morgan fingerprint density at radius 2 is 1.51 bits per heavy atom. The molecule has 0 bridgehead atoms. The molecular formula is C37H53N7O5. The Kier molecular flexibility index (Phi) is 13.6. The summed E-state index contributed by atoms with van der Waals surface area (Å²) in [7, 11) is 0. The average Bonchev–Trinajstić information content (AvgIpc) is 3.09. The summed E-state index contributed by atoms with van der Waals surface area (Å²) in [5, 5.41) is 16.6. The van der Waals surface area contributed by atoms with Crippen molar-refractivity contribution in [1.29, 1.82) is 5.41 Å². The van der Waals surface area contributed by atoms with Gasteiger partial charge in [0.2, 0.25) is 17.7 Å². The van der Waals surface area contributed by atoms with Gasteiger partial charge >= 0.3 is 6.09 Å². The van der Waals surface area contributed by atoms with Gasteiger partial charge in [-0.15, -0.1) is 0 Å². The second kappa shape index (κ2) is 17.8. The van der Waals surface area contributed by atoms with Crippen LogP contribution in [0.2, 0.25) is 0 Å². The SMILES string of the molecule is CC(C)(C)OC(=O)N1CCN(CCNC(=O)[C@@H](NC(=O)[C@H](Cc2ccc(C(=N)N)cc2)C(=O)NCc2ccccc2)C2CCCCC2)CC1. The second-order valence-electron chi connectivity index (χ2n) is 14.1. The van der Waals surface area contributed by atoms with Crippen molar-refractivity contribution < 1.29 is 23.9 Å². The van der Waals surface area contributed by atoms with E-state index in [1.165, 1.54) is 0 Å². The minimum atomic E-state index is -1.08. The van der Waals surface area contributed by atoms with Crippen molar-refractivity contribution in [2.75, 3.05) is 39.3 Å². The maximum Gasteiger partial charge on any atom is 0.410 e. The van der Waals surface area contributed by atoms with Gasteiger partial charge in [-0.05, 0) is 57.1 Å². The number of hydrogen-bond donors (Lipinski definition) is 5. The van der Waals surface area contributed by atoms with E-state index >= 15 is 0 Å². The van der Waals surface area contributed by atoms with E-state index in [9.17, 15) is 19.2 Å². The Morgan fingerprint density at radius 1 is 0.857 bits per heavy atom. The third-order valence-electron chi connectivity index (χ3n) is 9.10. The van der Waals surface area contributed by atoms with Crippen molar-refractivity contribution in [3.8, 4) is 0 Å². The normalized spacial score (nSPS) is 17.0. The van der Waals surface area contributed by atoms with Crippen LogP contribution in [0.5, 0.6) is 0 Å². The van der Waals surface area contributed by atoms with E-state index in [2.05, 4.69) is 20.9 Å². The van der Waals surface area contributed by atoms with Crippen molar-refractivity contribution in [1.82, 2.24) is 25.8 Å². The van der Waals surface area contributed by atoms with Crippen molar-refractivity contribution >= 4 is 29.7 Å². The standard InChI is InChI=1S/C37H53N7O5/c1-37(2,3)49-36(48)44-22-20-43(21-23-44)19-18-40-35(47)31(28-12-8-5-9-13-28)42-34(46)30(24-26-14-16-29(17-15-26)32(38)39)33(45)41-25-27-10-6-4-7-11-27/h4,6-7,10-11,14-17,28,30-31H,5,8-9,12-13,18-25H2,1-3H3,(H3,38,39)(H,40,47)(H,41,45)(H,42,46)/t30-,31+/m1/s1. The fraction of sp³-hybridized carbons (Fsp3) is 0.541. The molecule has 0 aromatic heterocycles. The molecule has 2 aliphatic rings. The molecule has 1 saturated carbocycles. The molecule has 1 heterocycles. The third kappa shape index (κ3) is 11.9. The molecule has 2 aromatic carbocycles. The molecule has 1 saturated heterocycles. The first-order valence-corrected chi connectivity index (χ1v) is 17.4. The first-order chi connectivity index (χ1) is 23.4. The lowest BCUT2D eigenvalue weighted by molar-refractivity contribution is -0.138. The highest BCUT2D eigenvalue weighted by Gasteiger charge is 2.35. The van der Waals surface area contributed by atoms with Crippen molar-refractivity contribution in [3.05, 3.63) is 71.3 Å². The van der Waals surface area contributed by atoms with Crippen LogP contribution in [-0.2, 0) is 32.1 Å². The molecule has 4 rings (SSSR count). The highest BCUT2D eigenvalue weighted by atomic mass is 16.6. The lowest BCUT2D eigenvalue weighted by Gasteiger charge is -2.35. The molecule has 49 heavy (non-hydrogen) atoms. The average molecular weight is 676 g/mol. The third-order valence-corrected chi connectivity index (χ3v) is 9.10. The quantitative estimate of drug-likeness (QED) is 0.123. The van der Waals surface area contributed by atoms with Gasteiger partial charge in [0.1, 0.15) is 23.4 Å². The van der Waals surface area contributed by atoms with E-state index in [0.717, 1.165) is 43.2 Å². The minimum absolute atomic E-state index is 0.0297. The highest BCUT2D eigenvalue weighted by molar-refractivity contribution is 6.02. The predicted molar refractivity (Wildman–Crippen MR) is 189 cm³/mol. The molecule has 1 aliphatic carbocycles. The summed E-state index contributed by atoms with van der Waals surface area (Å²) in [5.41, 5.74) is 7.28. The van der Waals surface area contributed by atoms with Gasteiger partial charge in [0.25, 0.3) is 0 Å². The smallest absolute Gasteiger partial charge is 0.410 e. The molecule has 2 fully saturated rings. The fourth-order valence-electron chi connectivity index (χ4n) is 6.32. The summed E-state index contributed by atoms with van der Waals surface area (Å²) >= 11 is 0. The van der Waals surface area contributed by atoms with Crippen LogP contribution in [0, 0.1) is 17.2 Å². The molecular weight excluding hydrogens is 622 g/mol. The number of carbonyl (C=O) groups excluding carboxylic acids is 4. The first-order valence-electron chi connectivity index (χ1n) is 17.4. The molecule has 6 N–H and O–H groups in total. The summed E-state index contributed by atoms with van der Waals surface area (Å²) in [6.45, 7) is 9.27. The van der Waals surface area contributed by atoms with Gasteiger partial charge in [-0.1, -0.05) is 73.9 Å². The van der Waals surface area contributed by atoms with Crippen molar-refractivity contribution in [3.63, 3.8) is 0 Å². The zero-order valence-electron chi connectivity index (χ0n) is 29.1. The van der Waals surface area contributed by atoms with E-state index in [1.54, 1.807) is 29.2 Å². The largest absolute Gasteiger partial charge is 0.444 e. The highest BCUT2D eigenvalue weighted by Crippen LogP contribution is 2.27. The number of ether oxygens (including phenoxy) is 1. The van der Waals surface area contributed by atoms with Crippen LogP contribution >= 0.6 is 0 Å². The molecule has 0 unspecified atom stereocenters. The minimum Gasteiger partial charge on any atom is -0.444 e. The predicted octanol–water partition coefficient (Wildman–Crippen LogP) is 3.18. The van der Waals surface area contributed by atoms with Crippen LogP contribution in [0.3, 0.4) is 0 Å². The zero-order valence-corrected chi connectivity index (χ0v) is 29.1. The molecule has 4 amide bonds. The number of nitrogen functional groups attached to an aromatic ring is 1. The summed E-state index contributed by atoms with van der Waals surface area (Å²) < 4.78 is 5.49. The Labute approximate surface area is 290 Å². The molecule has 2 aromatic rings. The number of hydrogen-bond acceptors (Lipinski definition) is 7. The number of benzene rings is 2. The summed E-state index contributed by atoms with van der Waals surface area (Å²) in [4.78, 5) is 57.6. The van der Waals surface area contributed by atoms with Gasteiger partial charge < -0.3 is 31.3 Å². The van der Waals surface area contributed by atoms with Crippen molar-refractivity contribution in [2.24, 2.45) is 17.6 Å². The van der Waals surface area contributed by atoms with Crippen LogP contribution in [0.4, 0.5) is 4.79 Å². The number of nitrogens with one attached hydrogen (secondary N) is 4. The van der Waals surface area contributed by atoms with Gasteiger partial charge in [-0.25, -0.2) is 4.79 Å².